The van der Waals surface area contributed by atoms with E-state index < -0.39 is 11.2 Å². The van der Waals surface area contributed by atoms with Gasteiger partial charge in [0.05, 0.1) is 12.1 Å². The van der Waals surface area contributed by atoms with E-state index in [1.165, 1.54) is 16.4 Å². The fourth-order valence-corrected chi connectivity index (χ4v) is 3.87. The van der Waals surface area contributed by atoms with E-state index >= 15 is 0 Å². The summed E-state index contributed by atoms with van der Waals surface area (Å²) in [5, 5.41) is 0. The molecule has 0 fully saturated rings. The number of carbonyl (C=O) groups is 2. The number of carbonyl (C=O) groups excluding carboxylic acids is 2. The number of ether oxygens (including phenoxy) is 1. The number of nitrogens with one attached hydrogen (secondary N) is 1. The first kappa shape index (κ1) is 25.7. The first-order valence-electron chi connectivity index (χ1n) is 11.3. The predicted molar refractivity (Wildman–Crippen MR) is 132 cm³/mol. The van der Waals surface area contributed by atoms with Crippen LogP contribution in [0.1, 0.15) is 47.2 Å². The van der Waals surface area contributed by atoms with Crippen LogP contribution in [0, 0.1) is 6.92 Å². The van der Waals surface area contributed by atoms with Gasteiger partial charge in [-0.2, -0.15) is 0 Å². The van der Waals surface area contributed by atoms with Crippen molar-refractivity contribution < 1.29 is 18.7 Å². The molecule has 0 saturated heterocycles. The van der Waals surface area contributed by atoms with Crippen molar-refractivity contribution in [2.24, 2.45) is 0 Å². The van der Waals surface area contributed by atoms with E-state index in [-0.39, 0.29) is 49.1 Å². The van der Waals surface area contributed by atoms with Crippen molar-refractivity contribution in [3.8, 4) is 0 Å². The summed E-state index contributed by atoms with van der Waals surface area (Å²) in [6, 6.07) is 10.8. The Hall–Kier alpha value is -3.92. The molecule has 1 amide bonds. The van der Waals surface area contributed by atoms with Crippen molar-refractivity contribution >= 4 is 23.2 Å². The van der Waals surface area contributed by atoms with E-state index in [0.29, 0.717) is 30.1 Å². The molecule has 0 spiro atoms. The van der Waals surface area contributed by atoms with Gasteiger partial charge < -0.3 is 19.8 Å². The highest BCUT2D eigenvalue weighted by molar-refractivity contribution is 5.96. The number of Topliss-reactive ketones (excluding diaryl/α,β-unsaturated/α-hetero) is 1. The van der Waals surface area contributed by atoms with Gasteiger partial charge in [0.2, 0.25) is 5.91 Å². The zero-order chi connectivity index (χ0) is 25.5. The molecule has 3 rings (SSSR count). The second-order valence-corrected chi connectivity index (χ2v) is 8.20. The highest BCUT2D eigenvalue weighted by Gasteiger charge is 2.24. The molecule has 0 saturated carbocycles. The van der Waals surface area contributed by atoms with Gasteiger partial charge in [-0.15, -0.1) is 0 Å². The summed E-state index contributed by atoms with van der Waals surface area (Å²) in [6.07, 6.45) is 0.691. The van der Waals surface area contributed by atoms with Crippen LogP contribution in [0.3, 0.4) is 0 Å². The quantitative estimate of drug-likeness (QED) is 0.315. The molecular formula is C25H30N4O6. The molecule has 35 heavy (non-hydrogen) atoms. The molecule has 1 aromatic carbocycles. The zero-order valence-corrected chi connectivity index (χ0v) is 20.1. The van der Waals surface area contributed by atoms with Crippen LogP contribution in [0.4, 0.5) is 11.5 Å². The summed E-state index contributed by atoms with van der Waals surface area (Å²) >= 11 is 0. The van der Waals surface area contributed by atoms with Crippen molar-refractivity contribution in [3.05, 3.63) is 79.9 Å². The lowest BCUT2D eigenvalue weighted by molar-refractivity contribution is -0.118. The second kappa shape index (κ2) is 11.5. The number of aryl methyl sites for hydroxylation is 2. The first-order valence-corrected chi connectivity index (χ1v) is 11.3. The molecule has 0 aliphatic rings. The molecule has 0 radical (unpaired) electrons. The number of amides is 1. The highest BCUT2D eigenvalue weighted by Crippen LogP contribution is 2.21. The normalized spacial score (nSPS) is 10.9. The third-order valence-corrected chi connectivity index (χ3v) is 5.63. The molecule has 3 aromatic rings. The van der Waals surface area contributed by atoms with Crippen molar-refractivity contribution in [1.29, 1.82) is 0 Å². The Morgan fingerprint density at radius 3 is 2.54 bits per heavy atom. The molecule has 0 aliphatic heterocycles. The second-order valence-electron chi connectivity index (χ2n) is 8.20. The number of benzene rings is 1. The maximum absolute atomic E-state index is 13.3. The van der Waals surface area contributed by atoms with Gasteiger partial charge in [0.1, 0.15) is 17.3 Å². The fourth-order valence-electron chi connectivity index (χ4n) is 3.87. The average molecular weight is 483 g/mol. The Morgan fingerprint density at radius 2 is 1.91 bits per heavy atom. The van der Waals surface area contributed by atoms with Crippen LogP contribution in [0.25, 0.3) is 0 Å². The number of H-pyrrole nitrogens is 1. The lowest BCUT2D eigenvalue weighted by Crippen LogP contribution is -2.42. The van der Waals surface area contributed by atoms with Crippen LogP contribution in [-0.4, -0.2) is 41.5 Å². The van der Waals surface area contributed by atoms with Crippen LogP contribution < -0.4 is 21.9 Å². The Bertz CT molecular complexity index is 1310. The molecule has 0 aliphatic carbocycles. The average Bonchev–Trinajstić information content (AvgIpc) is 3.20. The van der Waals surface area contributed by atoms with Crippen molar-refractivity contribution in [2.45, 2.75) is 39.7 Å². The number of hydrogen-bond donors (Lipinski definition) is 2. The summed E-state index contributed by atoms with van der Waals surface area (Å²) in [5.74, 6) is 0.395. The Balaban J connectivity index is 1.92. The van der Waals surface area contributed by atoms with Crippen LogP contribution in [-0.2, 0) is 22.5 Å². The summed E-state index contributed by atoms with van der Waals surface area (Å²) in [7, 11) is 1.54. The maximum atomic E-state index is 13.3. The van der Waals surface area contributed by atoms with Gasteiger partial charge in [0.25, 0.3) is 5.56 Å². The summed E-state index contributed by atoms with van der Waals surface area (Å²) < 4.78 is 11.9. The Morgan fingerprint density at radius 1 is 1.20 bits per heavy atom. The van der Waals surface area contributed by atoms with E-state index in [1.54, 1.807) is 20.1 Å². The van der Waals surface area contributed by atoms with Crippen molar-refractivity contribution in [1.82, 2.24) is 9.55 Å². The number of aromatic amines is 1. The van der Waals surface area contributed by atoms with E-state index in [0.717, 1.165) is 5.56 Å². The lowest BCUT2D eigenvalue weighted by atomic mass is 10.1. The number of anilines is 2. The molecule has 0 unspecified atom stereocenters. The minimum absolute atomic E-state index is 0.00791. The molecule has 0 bridgehead atoms. The first-order chi connectivity index (χ1) is 16.7. The van der Waals surface area contributed by atoms with Crippen LogP contribution in [0.15, 0.2) is 50.4 Å². The molecule has 2 heterocycles. The number of methoxy groups -OCH3 is 1. The number of furan rings is 1. The third-order valence-electron chi connectivity index (χ3n) is 5.63. The van der Waals surface area contributed by atoms with Crippen LogP contribution in [0.5, 0.6) is 0 Å². The summed E-state index contributed by atoms with van der Waals surface area (Å²) in [6.45, 7) is 3.80. The number of ketones is 1. The molecule has 3 N–H and O–H groups in total. The third kappa shape index (κ3) is 6.15. The smallest absolute Gasteiger partial charge is 0.330 e. The number of nitrogens with zero attached hydrogens (tertiary/aromatic N) is 2. The summed E-state index contributed by atoms with van der Waals surface area (Å²) in [4.78, 5) is 53.9. The standard InChI is InChI=1S/C25H30N4O6/c1-16(30)20-14-19(35-17(20)2)10-11-21(31)28(12-7-13-34-3)22-23(26)29(25(33)27-24(22)32)15-18-8-5-4-6-9-18/h4-6,8-9,14H,7,10-13,15,26H2,1-3H3,(H,27,32,33). The van der Waals surface area contributed by atoms with Gasteiger partial charge >= 0.3 is 5.69 Å². The maximum Gasteiger partial charge on any atom is 0.330 e. The van der Waals surface area contributed by atoms with Crippen molar-refractivity contribution in [2.75, 3.05) is 30.9 Å². The summed E-state index contributed by atoms with van der Waals surface area (Å²) in [5.41, 5.74) is 6.10. The Kier molecular flexibility index (Phi) is 8.43. The molecular weight excluding hydrogens is 452 g/mol. The van der Waals surface area contributed by atoms with Gasteiger partial charge in [-0.05, 0) is 31.9 Å². The number of aromatic nitrogens is 2. The minimum atomic E-state index is -0.740. The minimum Gasteiger partial charge on any atom is -0.466 e. The van der Waals surface area contributed by atoms with Gasteiger partial charge in [0, 0.05) is 33.1 Å². The number of nitrogen functional groups attached to an aromatic ring is 1. The molecule has 186 valence electrons. The number of rotatable bonds is 11. The van der Waals surface area contributed by atoms with E-state index in [4.69, 9.17) is 14.9 Å². The molecule has 10 nitrogen and oxygen atoms in total. The van der Waals surface area contributed by atoms with Gasteiger partial charge in [-0.25, -0.2) is 4.79 Å². The van der Waals surface area contributed by atoms with Gasteiger partial charge in [-0.1, -0.05) is 30.3 Å². The highest BCUT2D eigenvalue weighted by atomic mass is 16.5. The topological polar surface area (TPSA) is 141 Å². The van der Waals surface area contributed by atoms with E-state index in [2.05, 4.69) is 4.98 Å². The van der Waals surface area contributed by atoms with Crippen LogP contribution in [0.2, 0.25) is 0 Å². The largest absolute Gasteiger partial charge is 0.466 e. The SMILES string of the molecule is COCCCN(C(=O)CCc1cc(C(C)=O)c(C)o1)c1c(N)n(Cc2ccccc2)c(=O)[nH]c1=O. The fraction of sp³-hybridized carbons (Fsp3) is 0.360. The Labute approximate surface area is 202 Å². The van der Waals surface area contributed by atoms with E-state index in [1.807, 2.05) is 30.3 Å². The lowest BCUT2D eigenvalue weighted by Gasteiger charge is -2.24. The molecule has 0 atom stereocenters. The number of nitrogens with two attached hydrogens (primary N) is 1. The zero-order valence-electron chi connectivity index (χ0n) is 20.1. The number of hydrogen-bond acceptors (Lipinski definition) is 7. The van der Waals surface area contributed by atoms with Gasteiger partial charge in [-0.3, -0.25) is 23.9 Å². The van der Waals surface area contributed by atoms with Gasteiger partial charge in [0.15, 0.2) is 11.5 Å². The monoisotopic (exact) mass is 482 g/mol. The van der Waals surface area contributed by atoms with E-state index in [9.17, 15) is 19.2 Å². The molecule has 2 aromatic heterocycles. The molecule has 10 heteroatoms. The van der Waals surface area contributed by atoms with Crippen LogP contribution >= 0.6 is 0 Å². The predicted octanol–water partition coefficient (Wildman–Crippen LogP) is 2.27. The van der Waals surface area contributed by atoms with Crippen molar-refractivity contribution in [3.63, 3.8) is 0 Å².